The third-order valence-electron chi connectivity index (χ3n) is 7.34. The Hall–Kier alpha value is -4.29. The predicted octanol–water partition coefficient (Wildman–Crippen LogP) is 3.17. The average molecular weight is 546 g/mol. The number of aromatic nitrogens is 3. The Kier molecular flexibility index (Phi) is 7.43. The third kappa shape index (κ3) is 5.54. The molecule has 2 N–H and O–H groups in total. The van der Waals surface area contributed by atoms with Crippen LogP contribution in [0.25, 0.3) is 11.4 Å². The maximum absolute atomic E-state index is 12.5. The molecule has 3 aliphatic rings. The lowest BCUT2D eigenvalue weighted by Gasteiger charge is -2.35. The molecule has 3 aliphatic heterocycles. The number of ether oxygens (including phenoxy) is 3. The van der Waals surface area contributed by atoms with Crippen molar-refractivity contribution in [3.05, 3.63) is 54.1 Å². The zero-order chi connectivity index (χ0) is 27.5. The van der Waals surface area contributed by atoms with E-state index in [0.717, 1.165) is 31.5 Å². The molecule has 3 aromatic rings. The number of esters is 1. The summed E-state index contributed by atoms with van der Waals surface area (Å²) < 4.78 is 16.0. The van der Waals surface area contributed by atoms with E-state index in [1.54, 1.807) is 24.3 Å². The molecule has 0 aliphatic carbocycles. The lowest BCUT2D eigenvalue weighted by molar-refractivity contribution is 0.0600. The van der Waals surface area contributed by atoms with Gasteiger partial charge in [0, 0.05) is 30.0 Å². The highest BCUT2D eigenvalue weighted by Crippen LogP contribution is 2.34. The summed E-state index contributed by atoms with van der Waals surface area (Å²) in [4.78, 5) is 43.2. The summed E-state index contributed by atoms with van der Waals surface area (Å²) in [6.45, 7) is 4.09. The summed E-state index contributed by atoms with van der Waals surface area (Å²) in [5, 5.41) is 5.58. The summed E-state index contributed by atoms with van der Waals surface area (Å²) in [6.07, 6.45) is 2.13. The van der Waals surface area contributed by atoms with Crippen molar-refractivity contribution in [2.75, 3.05) is 67.1 Å². The Morgan fingerprint density at radius 2 is 1.43 bits per heavy atom. The number of carbonyl (C=O) groups is 2. The zero-order valence-corrected chi connectivity index (χ0v) is 22.2. The Morgan fingerprint density at radius 3 is 2.05 bits per heavy atom. The SMILES string of the molecule is COC(=O)c1ccc(NC(=O)Nc2ccc(-c3nc(N4CCOCC4)nc(N4C5CCC4COC5)n3)cc2)cc1. The van der Waals surface area contributed by atoms with Crippen LogP contribution in [0.2, 0.25) is 0 Å². The molecule has 0 saturated carbocycles. The van der Waals surface area contributed by atoms with E-state index in [-0.39, 0.29) is 12.1 Å². The van der Waals surface area contributed by atoms with Crippen LogP contribution in [0, 0.1) is 0 Å². The molecule has 0 spiro atoms. The van der Waals surface area contributed by atoms with E-state index in [4.69, 9.17) is 29.2 Å². The molecule has 12 nitrogen and oxygen atoms in total. The van der Waals surface area contributed by atoms with Crippen LogP contribution in [0.3, 0.4) is 0 Å². The minimum atomic E-state index is -0.434. The highest BCUT2D eigenvalue weighted by atomic mass is 16.5. The van der Waals surface area contributed by atoms with Crippen molar-refractivity contribution in [2.24, 2.45) is 0 Å². The number of carbonyl (C=O) groups excluding carboxylic acids is 2. The summed E-state index contributed by atoms with van der Waals surface area (Å²) in [6, 6.07) is 14.0. The van der Waals surface area contributed by atoms with Gasteiger partial charge in [-0.1, -0.05) is 0 Å². The second kappa shape index (κ2) is 11.4. The van der Waals surface area contributed by atoms with Gasteiger partial charge in [0.05, 0.1) is 51.2 Å². The molecule has 208 valence electrons. The summed E-state index contributed by atoms with van der Waals surface area (Å²) >= 11 is 0. The molecule has 4 heterocycles. The van der Waals surface area contributed by atoms with Crippen LogP contribution in [0.4, 0.5) is 28.1 Å². The number of rotatable bonds is 6. The Labute approximate surface area is 231 Å². The molecule has 0 radical (unpaired) electrons. The molecule has 40 heavy (non-hydrogen) atoms. The van der Waals surface area contributed by atoms with Gasteiger partial charge in [-0.3, -0.25) is 0 Å². The van der Waals surface area contributed by atoms with E-state index in [9.17, 15) is 9.59 Å². The summed E-state index contributed by atoms with van der Waals surface area (Å²) in [5.41, 5.74) is 2.39. The van der Waals surface area contributed by atoms with Crippen molar-refractivity contribution in [1.29, 1.82) is 0 Å². The number of amides is 2. The number of fused-ring (bicyclic) bond motifs is 2. The second-order valence-electron chi connectivity index (χ2n) is 9.91. The molecule has 6 rings (SSSR count). The largest absolute Gasteiger partial charge is 0.465 e. The first kappa shape index (κ1) is 26.0. The smallest absolute Gasteiger partial charge is 0.337 e. The second-order valence-corrected chi connectivity index (χ2v) is 9.91. The first-order valence-electron chi connectivity index (χ1n) is 13.4. The number of nitrogens with one attached hydrogen (secondary N) is 2. The van der Waals surface area contributed by atoms with Gasteiger partial charge in [0.2, 0.25) is 11.9 Å². The van der Waals surface area contributed by atoms with Gasteiger partial charge >= 0.3 is 12.0 Å². The molecule has 2 aromatic carbocycles. The molecule has 2 bridgehead atoms. The number of nitrogens with zero attached hydrogens (tertiary/aromatic N) is 5. The number of benzene rings is 2. The lowest BCUT2D eigenvalue weighted by atomic mass is 10.2. The van der Waals surface area contributed by atoms with Crippen LogP contribution in [-0.4, -0.2) is 85.7 Å². The van der Waals surface area contributed by atoms with Crippen molar-refractivity contribution in [3.8, 4) is 11.4 Å². The van der Waals surface area contributed by atoms with Gasteiger partial charge in [0.1, 0.15) is 0 Å². The van der Waals surface area contributed by atoms with Gasteiger partial charge in [0.25, 0.3) is 0 Å². The average Bonchev–Trinajstić information content (AvgIpc) is 3.25. The minimum absolute atomic E-state index is 0.272. The van der Waals surface area contributed by atoms with Gasteiger partial charge in [-0.2, -0.15) is 15.0 Å². The molecule has 2 amide bonds. The highest BCUT2D eigenvalue weighted by molar-refractivity contribution is 6.00. The van der Waals surface area contributed by atoms with Gasteiger partial charge in [0.15, 0.2) is 5.82 Å². The van der Waals surface area contributed by atoms with Crippen LogP contribution in [-0.2, 0) is 14.2 Å². The minimum Gasteiger partial charge on any atom is -0.465 e. The summed E-state index contributed by atoms with van der Waals surface area (Å²) in [5.74, 6) is 1.48. The van der Waals surface area contributed by atoms with Crippen molar-refractivity contribution in [3.63, 3.8) is 0 Å². The van der Waals surface area contributed by atoms with E-state index in [2.05, 4.69) is 20.4 Å². The molecule has 1 aromatic heterocycles. The molecule has 3 fully saturated rings. The standard InChI is InChI=1S/C28H31N7O5/c1-38-25(36)19-4-8-21(9-5-19)30-28(37)29-20-6-2-18(3-7-20)24-31-26(34-12-14-39-15-13-34)33-27(32-24)35-22-10-11-23(35)17-40-16-22/h2-9,22-23H,10-17H2,1H3,(H2,29,30,37). The normalized spacial score (nSPS) is 20.2. The monoisotopic (exact) mass is 545 g/mol. The Bertz CT molecular complexity index is 1350. The molecular formula is C28H31N7O5. The molecule has 3 saturated heterocycles. The molecule has 12 heteroatoms. The highest BCUT2D eigenvalue weighted by Gasteiger charge is 2.39. The number of hydrogen-bond donors (Lipinski definition) is 2. The van der Waals surface area contributed by atoms with Crippen LogP contribution in [0.15, 0.2) is 48.5 Å². The number of methoxy groups -OCH3 is 1. The number of morpholine rings is 2. The third-order valence-corrected chi connectivity index (χ3v) is 7.34. The van der Waals surface area contributed by atoms with Gasteiger partial charge < -0.3 is 34.6 Å². The zero-order valence-electron chi connectivity index (χ0n) is 22.2. The van der Waals surface area contributed by atoms with Crippen molar-refractivity contribution in [2.45, 2.75) is 24.9 Å². The first-order chi connectivity index (χ1) is 19.6. The number of hydrogen-bond acceptors (Lipinski definition) is 10. The quantitative estimate of drug-likeness (QED) is 0.445. The van der Waals surface area contributed by atoms with Crippen molar-refractivity contribution >= 4 is 35.3 Å². The van der Waals surface area contributed by atoms with E-state index in [0.29, 0.717) is 61.1 Å². The Morgan fingerprint density at radius 1 is 0.825 bits per heavy atom. The lowest BCUT2D eigenvalue weighted by Crippen LogP contribution is -2.47. The van der Waals surface area contributed by atoms with Crippen LogP contribution in [0.5, 0.6) is 0 Å². The summed E-state index contributed by atoms with van der Waals surface area (Å²) in [7, 11) is 1.32. The fraction of sp³-hybridized carbons (Fsp3) is 0.393. The fourth-order valence-corrected chi connectivity index (χ4v) is 5.26. The predicted molar refractivity (Wildman–Crippen MR) is 149 cm³/mol. The van der Waals surface area contributed by atoms with Crippen LogP contribution in [0.1, 0.15) is 23.2 Å². The molecular weight excluding hydrogens is 514 g/mol. The van der Waals surface area contributed by atoms with Crippen molar-refractivity contribution in [1.82, 2.24) is 15.0 Å². The van der Waals surface area contributed by atoms with Crippen molar-refractivity contribution < 1.29 is 23.8 Å². The fourth-order valence-electron chi connectivity index (χ4n) is 5.26. The van der Waals surface area contributed by atoms with E-state index >= 15 is 0 Å². The maximum Gasteiger partial charge on any atom is 0.337 e. The van der Waals surface area contributed by atoms with E-state index in [1.807, 2.05) is 24.3 Å². The topological polar surface area (TPSA) is 131 Å². The number of anilines is 4. The van der Waals surface area contributed by atoms with Crippen LogP contribution >= 0.6 is 0 Å². The number of urea groups is 1. The Balaban J connectivity index is 1.19. The first-order valence-corrected chi connectivity index (χ1v) is 13.4. The van der Waals surface area contributed by atoms with E-state index in [1.165, 1.54) is 7.11 Å². The molecule has 2 unspecified atom stereocenters. The van der Waals surface area contributed by atoms with Gasteiger partial charge in [-0.05, 0) is 61.4 Å². The van der Waals surface area contributed by atoms with Crippen LogP contribution < -0.4 is 20.4 Å². The van der Waals surface area contributed by atoms with E-state index < -0.39 is 12.0 Å². The maximum atomic E-state index is 12.5. The van der Waals surface area contributed by atoms with Gasteiger partial charge in [-0.15, -0.1) is 0 Å². The van der Waals surface area contributed by atoms with Gasteiger partial charge in [-0.25, -0.2) is 9.59 Å². The molecule has 2 atom stereocenters.